The first-order valence-corrected chi connectivity index (χ1v) is 6.86. The molecule has 0 spiro atoms. The van der Waals surface area contributed by atoms with Crippen LogP contribution in [0.2, 0.25) is 0 Å². The Kier molecular flexibility index (Phi) is 4.98. The highest BCUT2D eigenvalue weighted by Gasteiger charge is 2.20. The Morgan fingerprint density at radius 2 is 1.86 bits per heavy atom. The summed E-state index contributed by atoms with van der Waals surface area (Å²) in [7, 11) is 0. The fraction of sp³-hybridized carbons (Fsp3) is 0.333. The average molecular weight is 307 g/mol. The van der Waals surface area contributed by atoms with Crippen LogP contribution in [0.5, 0.6) is 0 Å². The molecule has 2 heterocycles. The van der Waals surface area contributed by atoms with Crippen molar-refractivity contribution in [1.29, 1.82) is 0 Å². The Labute approximate surface area is 130 Å². The molecule has 112 valence electrons. The van der Waals surface area contributed by atoms with Crippen molar-refractivity contribution in [2.75, 3.05) is 26.2 Å². The van der Waals surface area contributed by atoms with E-state index in [0.29, 0.717) is 5.69 Å². The highest BCUT2D eigenvalue weighted by Crippen LogP contribution is 2.18. The van der Waals surface area contributed by atoms with E-state index in [1.807, 2.05) is 42.2 Å². The van der Waals surface area contributed by atoms with Gasteiger partial charge in [-0.3, -0.25) is 9.89 Å². The van der Waals surface area contributed by atoms with Crippen molar-refractivity contribution < 1.29 is 4.79 Å². The van der Waals surface area contributed by atoms with Gasteiger partial charge in [-0.05, 0) is 13.0 Å². The molecule has 0 bridgehead atoms. The molecule has 1 aromatic carbocycles. The SMILES string of the molecule is Cc1ccc(-c2cc(C(=O)N3CCNCC3)[nH]n2)cc1.Cl. The molecule has 0 unspecified atom stereocenters. The molecule has 1 amide bonds. The van der Waals surface area contributed by atoms with Crippen LogP contribution < -0.4 is 5.32 Å². The number of amides is 1. The van der Waals surface area contributed by atoms with Crippen LogP contribution in [-0.4, -0.2) is 47.2 Å². The van der Waals surface area contributed by atoms with Crippen molar-refractivity contribution >= 4 is 18.3 Å². The number of aromatic amines is 1. The topological polar surface area (TPSA) is 61.0 Å². The lowest BCUT2D eigenvalue weighted by atomic mass is 10.1. The van der Waals surface area contributed by atoms with E-state index >= 15 is 0 Å². The second-order valence-electron chi connectivity index (χ2n) is 5.08. The third-order valence-corrected chi connectivity index (χ3v) is 3.56. The normalized spacial score (nSPS) is 14.6. The maximum atomic E-state index is 12.3. The molecule has 6 heteroatoms. The lowest BCUT2D eigenvalue weighted by Gasteiger charge is -2.26. The number of nitrogens with zero attached hydrogens (tertiary/aromatic N) is 2. The lowest BCUT2D eigenvalue weighted by molar-refractivity contribution is 0.0730. The van der Waals surface area contributed by atoms with Gasteiger partial charge in [-0.2, -0.15) is 5.10 Å². The number of H-pyrrole nitrogens is 1. The van der Waals surface area contributed by atoms with Gasteiger partial charge in [0.1, 0.15) is 5.69 Å². The first-order valence-electron chi connectivity index (χ1n) is 6.86. The third kappa shape index (κ3) is 3.43. The first-order chi connectivity index (χ1) is 9.74. The summed E-state index contributed by atoms with van der Waals surface area (Å²) in [4.78, 5) is 14.2. The largest absolute Gasteiger partial charge is 0.335 e. The van der Waals surface area contributed by atoms with E-state index in [4.69, 9.17) is 0 Å². The summed E-state index contributed by atoms with van der Waals surface area (Å²) in [5.74, 6) is 0.0253. The molecule has 3 rings (SSSR count). The summed E-state index contributed by atoms with van der Waals surface area (Å²) < 4.78 is 0. The maximum Gasteiger partial charge on any atom is 0.271 e. The number of piperazine rings is 1. The smallest absolute Gasteiger partial charge is 0.271 e. The number of benzene rings is 1. The van der Waals surface area contributed by atoms with E-state index in [0.717, 1.165) is 37.4 Å². The van der Waals surface area contributed by atoms with Crippen molar-refractivity contribution in [3.63, 3.8) is 0 Å². The molecular weight excluding hydrogens is 288 g/mol. The molecule has 0 radical (unpaired) electrons. The molecule has 0 saturated carbocycles. The predicted octanol–water partition coefficient (Wildman–Crippen LogP) is 1.85. The maximum absolute atomic E-state index is 12.3. The standard InChI is InChI=1S/C15H18N4O.ClH/c1-11-2-4-12(5-3-11)13-10-14(18-17-13)15(20)19-8-6-16-7-9-19;/h2-5,10,16H,6-9H2,1H3,(H,17,18);1H. The average Bonchev–Trinajstić information content (AvgIpc) is 2.98. The second-order valence-corrected chi connectivity index (χ2v) is 5.08. The zero-order valence-corrected chi connectivity index (χ0v) is 12.7. The quantitative estimate of drug-likeness (QED) is 0.890. The molecule has 5 nitrogen and oxygen atoms in total. The number of carbonyl (C=O) groups is 1. The number of nitrogens with one attached hydrogen (secondary N) is 2. The monoisotopic (exact) mass is 306 g/mol. The van der Waals surface area contributed by atoms with Gasteiger partial charge in [0, 0.05) is 31.7 Å². The molecule has 1 fully saturated rings. The van der Waals surface area contributed by atoms with Gasteiger partial charge < -0.3 is 10.2 Å². The molecule has 0 aliphatic carbocycles. The molecule has 2 N–H and O–H groups in total. The summed E-state index contributed by atoms with van der Waals surface area (Å²) >= 11 is 0. The number of aryl methyl sites for hydroxylation is 1. The van der Waals surface area contributed by atoms with Gasteiger partial charge in [0.25, 0.3) is 5.91 Å². The Morgan fingerprint density at radius 3 is 2.52 bits per heavy atom. The van der Waals surface area contributed by atoms with Gasteiger partial charge >= 0.3 is 0 Å². The molecule has 1 aromatic heterocycles. The van der Waals surface area contributed by atoms with Gasteiger partial charge in [-0.15, -0.1) is 12.4 Å². The molecular formula is C15H19ClN4O. The van der Waals surface area contributed by atoms with Crippen LogP contribution in [-0.2, 0) is 0 Å². The summed E-state index contributed by atoms with van der Waals surface area (Å²) in [6.07, 6.45) is 0. The Balaban J connectivity index is 0.00000161. The lowest BCUT2D eigenvalue weighted by Crippen LogP contribution is -2.46. The molecule has 1 aliphatic heterocycles. The highest BCUT2D eigenvalue weighted by atomic mass is 35.5. The van der Waals surface area contributed by atoms with Crippen molar-refractivity contribution in [3.8, 4) is 11.3 Å². The second kappa shape index (κ2) is 6.74. The molecule has 0 atom stereocenters. The molecule has 1 saturated heterocycles. The Morgan fingerprint density at radius 1 is 1.19 bits per heavy atom. The van der Waals surface area contributed by atoms with Crippen LogP contribution in [0.4, 0.5) is 0 Å². The highest BCUT2D eigenvalue weighted by molar-refractivity contribution is 5.93. The Bertz CT molecular complexity index is 602. The fourth-order valence-electron chi connectivity index (χ4n) is 2.34. The minimum absolute atomic E-state index is 0. The van der Waals surface area contributed by atoms with E-state index < -0.39 is 0 Å². The number of rotatable bonds is 2. The number of carbonyl (C=O) groups excluding carboxylic acids is 1. The summed E-state index contributed by atoms with van der Waals surface area (Å²) in [6.45, 7) is 5.25. The Hall–Kier alpha value is -1.85. The number of aromatic nitrogens is 2. The van der Waals surface area contributed by atoms with E-state index in [-0.39, 0.29) is 18.3 Å². The van der Waals surface area contributed by atoms with Gasteiger partial charge in [0.15, 0.2) is 0 Å². The van der Waals surface area contributed by atoms with Crippen LogP contribution in [0, 0.1) is 6.92 Å². The first kappa shape index (κ1) is 15.5. The van der Waals surface area contributed by atoms with Crippen molar-refractivity contribution in [3.05, 3.63) is 41.6 Å². The molecule has 2 aromatic rings. The fourth-order valence-corrected chi connectivity index (χ4v) is 2.34. The number of halogens is 1. The van der Waals surface area contributed by atoms with E-state index in [1.54, 1.807) is 0 Å². The zero-order valence-electron chi connectivity index (χ0n) is 11.9. The number of hydrogen-bond donors (Lipinski definition) is 2. The third-order valence-electron chi connectivity index (χ3n) is 3.56. The summed E-state index contributed by atoms with van der Waals surface area (Å²) in [5, 5.41) is 10.3. The minimum Gasteiger partial charge on any atom is -0.335 e. The predicted molar refractivity (Wildman–Crippen MR) is 84.8 cm³/mol. The van der Waals surface area contributed by atoms with Gasteiger partial charge in [0.05, 0.1) is 5.69 Å². The van der Waals surface area contributed by atoms with Gasteiger partial charge in [-0.1, -0.05) is 29.8 Å². The van der Waals surface area contributed by atoms with Crippen LogP contribution >= 0.6 is 12.4 Å². The van der Waals surface area contributed by atoms with Crippen molar-refractivity contribution in [2.24, 2.45) is 0 Å². The van der Waals surface area contributed by atoms with Crippen molar-refractivity contribution in [1.82, 2.24) is 20.4 Å². The van der Waals surface area contributed by atoms with Gasteiger partial charge in [0.2, 0.25) is 0 Å². The van der Waals surface area contributed by atoms with Crippen LogP contribution in [0.1, 0.15) is 16.1 Å². The minimum atomic E-state index is 0. The number of hydrogen-bond acceptors (Lipinski definition) is 3. The van der Waals surface area contributed by atoms with E-state index in [9.17, 15) is 4.79 Å². The van der Waals surface area contributed by atoms with Gasteiger partial charge in [-0.25, -0.2) is 0 Å². The molecule has 1 aliphatic rings. The molecule has 21 heavy (non-hydrogen) atoms. The van der Waals surface area contributed by atoms with E-state index in [2.05, 4.69) is 15.5 Å². The van der Waals surface area contributed by atoms with Crippen molar-refractivity contribution in [2.45, 2.75) is 6.92 Å². The van der Waals surface area contributed by atoms with Crippen LogP contribution in [0.25, 0.3) is 11.3 Å². The summed E-state index contributed by atoms with van der Waals surface area (Å²) in [5.41, 5.74) is 3.60. The summed E-state index contributed by atoms with van der Waals surface area (Å²) in [6, 6.07) is 9.95. The van der Waals surface area contributed by atoms with Crippen LogP contribution in [0.3, 0.4) is 0 Å². The zero-order chi connectivity index (χ0) is 13.9. The van der Waals surface area contributed by atoms with E-state index in [1.165, 1.54) is 5.56 Å². The van der Waals surface area contributed by atoms with Crippen LogP contribution in [0.15, 0.2) is 30.3 Å².